The van der Waals surface area contributed by atoms with Gasteiger partial charge in [0.15, 0.2) is 0 Å². The summed E-state index contributed by atoms with van der Waals surface area (Å²) in [6.07, 6.45) is -2.76. The fraction of sp³-hybridized carbons (Fsp3) is 1.00. The van der Waals surface area contributed by atoms with E-state index in [0.717, 1.165) is 0 Å². The lowest BCUT2D eigenvalue weighted by atomic mass is 10.2. The van der Waals surface area contributed by atoms with Crippen LogP contribution in [-0.2, 0) is 40.1 Å². The van der Waals surface area contributed by atoms with Gasteiger partial charge in [-0.05, 0) is 12.8 Å². The smallest absolute Gasteiger partial charge is 0.212 e. The van der Waals surface area contributed by atoms with E-state index >= 15 is 0 Å². The van der Waals surface area contributed by atoms with Crippen LogP contribution in [0.2, 0.25) is 0 Å². The number of rotatable bonds is 11. The summed E-state index contributed by atoms with van der Waals surface area (Å²) in [7, 11) is -25.3. The molecule has 0 atom stereocenters. The summed E-state index contributed by atoms with van der Waals surface area (Å²) in [6.45, 7) is -3.17. The van der Waals surface area contributed by atoms with Crippen molar-refractivity contribution in [3.63, 3.8) is 0 Å². The zero-order valence-electron chi connectivity index (χ0n) is 15.9. The highest BCUT2D eigenvalue weighted by molar-refractivity contribution is 8.05. The summed E-state index contributed by atoms with van der Waals surface area (Å²) in [4.78, 5) is 0. The Labute approximate surface area is 182 Å². The van der Waals surface area contributed by atoms with Crippen molar-refractivity contribution in [2.75, 3.05) is 19.3 Å². The quantitative estimate of drug-likeness (QED) is 0.261. The van der Waals surface area contributed by atoms with Gasteiger partial charge in [0.25, 0.3) is 0 Å². The van der Waals surface area contributed by atoms with Crippen LogP contribution in [0.5, 0.6) is 0 Å². The van der Waals surface area contributed by atoms with Crippen LogP contribution in [0.4, 0.5) is 39.5 Å². The lowest BCUT2D eigenvalue weighted by Crippen LogP contribution is -2.49. The fourth-order valence-electron chi connectivity index (χ4n) is 2.02. The van der Waals surface area contributed by atoms with Gasteiger partial charge in [0.1, 0.15) is 0 Å². The third-order valence-corrected chi connectivity index (χ3v) is 10.9. The Morgan fingerprint density at radius 3 is 0.970 bits per heavy atom. The summed E-state index contributed by atoms with van der Waals surface area (Å²) in [5, 5.41) is 0. The molecule has 0 rings (SSSR count). The molecular formula is C10H15F9N2O8S4. The van der Waals surface area contributed by atoms with Gasteiger partial charge in [-0.25, -0.2) is 33.7 Å². The van der Waals surface area contributed by atoms with Gasteiger partial charge in [0, 0.05) is 13.1 Å². The van der Waals surface area contributed by atoms with Gasteiger partial charge in [0.05, 0.1) is 6.26 Å². The van der Waals surface area contributed by atoms with Crippen molar-refractivity contribution in [2.24, 2.45) is 0 Å². The molecule has 0 aliphatic heterocycles. The average molecular weight is 590 g/mol. The van der Waals surface area contributed by atoms with Crippen molar-refractivity contribution in [3.05, 3.63) is 0 Å². The van der Waals surface area contributed by atoms with E-state index in [0.29, 0.717) is 0 Å². The third kappa shape index (κ3) is 7.53. The molecule has 0 aromatic heterocycles. The number of sulfonamides is 4. The molecule has 0 fully saturated rings. The molecule has 0 aromatic rings. The van der Waals surface area contributed by atoms with Gasteiger partial charge in [-0.1, -0.05) is 20.3 Å². The molecule has 0 unspecified atom stereocenters. The van der Waals surface area contributed by atoms with E-state index in [1.165, 1.54) is 0 Å². The monoisotopic (exact) mass is 590 g/mol. The molecule has 33 heavy (non-hydrogen) atoms. The molecule has 0 N–H and O–H groups in total. The highest BCUT2D eigenvalue weighted by Crippen LogP contribution is 2.35. The van der Waals surface area contributed by atoms with Crippen molar-refractivity contribution < 1.29 is 73.2 Å². The van der Waals surface area contributed by atoms with Crippen LogP contribution in [0, 0.1) is 0 Å². The van der Waals surface area contributed by atoms with Gasteiger partial charge in [-0.3, -0.25) is 0 Å². The predicted molar refractivity (Wildman–Crippen MR) is 91.6 cm³/mol. The number of alkyl halides is 9. The van der Waals surface area contributed by atoms with Crippen LogP contribution in [0.1, 0.15) is 25.7 Å². The number of hydrogen-bond acceptors (Lipinski definition) is 8. The normalized spacial score (nSPS) is 15.4. The predicted octanol–water partition coefficient (Wildman–Crippen LogP) is 1.66. The molecular weight excluding hydrogens is 575 g/mol. The summed E-state index contributed by atoms with van der Waals surface area (Å²) in [6, 6.07) is 0. The molecule has 0 radical (unpaired) electrons. The molecule has 200 valence electrons. The molecule has 0 aliphatic rings. The van der Waals surface area contributed by atoms with Crippen LogP contribution in [0.15, 0.2) is 0 Å². The first kappa shape index (κ1) is 32.1. The summed E-state index contributed by atoms with van der Waals surface area (Å²) in [5.74, 6) is 0. The zero-order chi connectivity index (χ0) is 26.9. The Morgan fingerprint density at radius 1 is 0.485 bits per heavy atom. The van der Waals surface area contributed by atoms with Crippen LogP contribution in [0.25, 0.3) is 0 Å². The minimum Gasteiger partial charge on any atom is -0.212 e. The Morgan fingerprint density at radius 2 is 0.727 bits per heavy atom. The highest BCUT2D eigenvalue weighted by atomic mass is 32.3. The van der Waals surface area contributed by atoms with Gasteiger partial charge < -0.3 is 0 Å². The molecule has 0 saturated heterocycles. The molecule has 0 bridgehead atoms. The van der Waals surface area contributed by atoms with Crippen molar-refractivity contribution in [2.45, 2.75) is 42.2 Å². The molecule has 0 spiro atoms. The van der Waals surface area contributed by atoms with E-state index in [-0.39, 0.29) is 6.26 Å². The summed E-state index contributed by atoms with van der Waals surface area (Å²) >= 11 is 0. The number of hydrogen-bond donors (Lipinski definition) is 0. The van der Waals surface area contributed by atoms with Gasteiger partial charge in [-0.2, -0.15) is 39.5 Å². The van der Waals surface area contributed by atoms with E-state index in [9.17, 15) is 73.2 Å². The van der Waals surface area contributed by atoms with Gasteiger partial charge in [0.2, 0.25) is 10.0 Å². The molecule has 0 aliphatic carbocycles. The van der Waals surface area contributed by atoms with E-state index in [1.54, 1.807) is 0 Å². The molecule has 10 nitrogen and oxygen atoms in total. The largest absolute Gasteiger partial charge is 0.512 e. The summed E-state index contributed by atoms with van der Waals surface area (Å²) < 4.78 is 201. The SMILES string of the molecule is CS(=O)(=O)N(CCCCCCN(S(=O)(=O)C(F)(F)F)S(=O)(=O)C(F)(F)F)S(=O)(=O)C(F)(F)F. The van der Waals surface area contributed by atoms with E-state index in [4.69, 9.17) is 0 Å². The van der Waals surface area contributed by atoms with E-state index in [2.05, 4.69) is 0 Å². The Kier molecular flexibility index (Phi) is 9.71. The number of unbranched alkanes of at least 4 members (excludes halogenated alkanes) is 3. The molecule has 0 heterocycles. The lowest BCUT2D eigenvalue weighted by molar-refractivity contribution is -0.0532. The topological polar surface area (TPSA) is 143 Å². The maximum absolute atomic E-state index is 12.6. The zero-order valence-corrected chi connectivity index (χ0v) is 19.2. The van der Waals surface area contributed by atoms with E-state index in [1.807, 2.05) is 0 Å². The second-order valence-corrected chi connectivity index (χ2v) is 14.0. The molecule has 23 heteroatoms. The maximum Gasteiger partial charge on any atom is 0.512 e. The minimum absolute atomic E-state index is 0.123. The number of halogens is 9. The van der Waals surface area contributed by atoms with Crippen molar-refractivity contribution in [1.82, 2.24) is 7.42 Å². The molecule has 0 aromatic carbocycles. The van der Waals surface area contributed by atoms with Crippen LogP contribution in [0.3, 0.4) is 0 Å². The second-order valence-electron chi connectivity index (χ2n) is 6.02. The fourth-order valence-corrected chi connectivity index (χ4v) is 7.50. The van der Waals surface area contributed by atoms with Crippen molar-refractivity contribution >= 4 is 40.1 Å². The second kappa shape index (κ2) is 9.99. The Bertz CT molecular complexity index is 1060. The first-order valence-electron chi connectivity index (χ1n) is 7.92. The Balaban J connectivity index is 5.41. The molecule has 0 amide bonds. The molecule has 0 saturated carbocycles. The first-order chi connectivity index (χ1) is 14.2. The van der Waals surface area contributed by atoms with Gasteiger partial charge >= 0.3 is 46.6 Å². The standard InChI is InChI=1S/C10H15F9N2O8S4/c1-30(22,23)20(31(24,25)8(11,12)13)6-4-2-3-5-7-21(32(26,27)9(14,15)16)33(28,29)10(17,18)19/h2-7H2,1H3. The maximum atomic E-state index is 12.6. The van der Waals surface area contributed by atoms with Crippen molar-refractivity contribution in [1.29, 1.82) is 0 Å². The summed E-state index contributed by atoms with van der Waals surface area (Å²) in [5.41, 5.74) is -18.9. The third-order valence-electron chi connectivity index (χ3n) is 3.48. The van der Waals surface area contributed by atoms with Crippen molar-refractivity contribution in [3.8, 4) is 0 Å². The van der Waals surface area contributed by atoms with Crippen LogP contribution >= 0.6 is 0 Å². The lowest BCUT2D eigenvalue weighted by Gasteiger charge is -2.24. The van der Waals surface area contributed by atoms with Crippen LogP contribution < -0.4 is 0 Å². The van der Waals surface area contributed by atoms with Gasteiger partial charge in [-0.15, -0.1) is 0 Å². The minimum atomic E-state index is -7.01. The highest BCUT2D eigenvalue weighted by Gasteiger charge is 2.61. The van der Waals surface area contributed by atoms with Crippen LogP contribution in [-0.4, -0.2) is 77.0 Å². The number of nitrogens with zero attached hydrogens (tertiary/aromatic N) is 2. The average Bonchev–Trinajstić information content (AvgIpc) is 2.52. The Hall–Kier alpha value is -0.910. The van der Waals surface area contributed by atoms with E-state index < -0.39 is 103 Å². The first-order valence-corrected chi connectivity index (χ1v) is 14.1.